The number of rotatable bonds is 5. The zero-order valence-electron chi connectivity index (χ0n) is 14.7. The number of carbonyl (C=O) groups excluding carboxylic acids is 2. The minimum Gasteiger partial charge on any atom is -0.466 e. The number of hydrogen-bond donors (Lipinski definition) is 0. The molecule has 128 valence electrons. The number of furan rings is 1. The van der Waals surface area contributed by atoms with E-state index in [9.17, 15) is 9.59 Å². The zero-order chi connectivity index (χ0) is 17.0. The molecule has 0 atom stereocenters. The van der Waals surface area contributed by atoms with E-state index in [0.717, 1.165) is 31.7 Å². The summed E-state index contributed by atoms with van der Waals surface area (Å²) in [6.07, 6.45) is 2.55. The summed E-state index contributed by atoms with van der Waals surface area (Å²) in [5.41, 5.74) is 0.601. The second-order valence-electron chi connectivity index (χ2n) is 6.53. The lowest BCUT2D eigenvalue weighted by molar-refractivity contribution is -0.132. The van der Waals surface area contributed by atoms with Crippen LogP contribution in [0.2, 0.25) is 0 Å². The molecular formula is C18H28N2O3. The van der Waals surface area contributed by atoms with Gasteiger partial charge in [0.25, 0.3) is 5.91 Å². The predicted molar refractivity (Wildman–Crippen MR) is 89.4 cm³/mol. The molecule has 23 heavy (non-hydrogen) atoms. The number of nitrogens with zero attached hydrogens (tertiary/aromatic N) is 2. The fraction of sp³-hybridized carbons (Fsp3) is 0.667. The SMILES string of the molecule is CCN(CCC(=O)N1CCC(C)CC1)C(=O)c1cc(C)oc1C. The lowest BCUT2D eigenvalue weighted by Crippen LogP contribution is -2.40. The van der Waals surface area contributed by atoms with Gasteiger partial charge in [-0.2, -0.15) is 0 Å². The van der Waals surface area contributed by atoms with Crippen molar-refractivity contribution in [2.24, 2.45) is 5.92 Å². The first-order chi connectivity index (χ1) is 10.9. The lowest BCUT2D eigenvalue weighted by atomic mass is 9.99. The van der Waals surface area contributed by atoms with E-state index in [1.807, 2.05) is 18.7 Å². The molecule has 1 aliphatic heterocycles. The first-order valence-corrected chi connectivity index (χ1v) is 8.56. The summed E-state index contributed by atoms with van der Waals surface area (Å²) in [5.74, 6) is 2.19. The molecule has 1 aromatic heterocycles. The van der Waals surface area contributed by atoms with Crippen molar-refractivity contribution >= 4 is 11.8 Å². The van der Waals surface area contributed by atoms with E-state index in [2.05, 4.69) is 6.92 Å². The van der Waals surface area contributed by atoms with Crippen LogP contribution < -0.4 is 0 Å². The van der Waals surface area contributed by atoms with Gasteiger partial charge in [-0.1, -0.05) is 6.92 Å². The minimum atomic E-state index is -0.0538. The maximum absolute atomic E-state index is 12.6. The molecule has 2 heterocycles. The van der Waals surface area contributed by atoms with Crippen molar-refractivity contribution in [3.8, 4) is 0 Å². The maximum Gasteiger partial charge on any atom is 0.257 e. The summed E-state index contributed by atoms with van der Waals surface area (Å²) in [4.78, 5) is 28.6. The number of likely N-dealkylation sites (tertiary alicyclic amines) is 1. The quantitative estimate of drug-likeness (QED) is 0.838. The number of aryl methyl sites for hydroxylation is 2. The molecule has 2 rings (SSSR count). The third kappa shape index (κ3) is 4.36. The first-order valence-electron chi connectivity index (χ1n) is 8.56. The van der Waals surface area contributed by atoms with Gasteiger partial charge < -0.3 is 14.2 Å². The van der Waals surface area contributed by atoms with E-state index >= 15 is 0 Å². The van der Waals surface area contributed by atoms with Crippen LogP contribution in [0.25, 0.3) is 0 Å². The largest absolute Gasteiger partial charge is 0.466 e. The fourth-order valence-electron chi connectivity index (χ4n) is 3.06. The smallest absolute Gasteiger partial charge is 0.257 e. The standard InChI is InChI=1S/C18H28N2O3/c1-5-19(18(22)16-12-14(3)23-15(16)4)11-8-17(21)20-9-6-13(2)7-10-20/h12-13H,5-11H2,1-4H3. The molecule has 0 aromatic carbocycles. The minimum absolute atomic E-state index is 0.0538. The molecule has 1 aliphatic rings. The molecule has 5 heteroatoms. The highest BCUT2D eigenvalue weighted by atomic mass is 16.3. The van der Waals surface area contributed by atoms with Crippen LogP contribution in [0.3, 0.4) is 0 Å². The summed E-state index contributed by atoms with van der Waals surface area (Å²) in [7, 11) is 0. The highest BCUT2D eigenvalue weighted by molar-refractivity contribution is 5.95. The Hall–Kier alpha value is -1.78. The van der Waals surface area contributed by atoms with E-state index in [1.54, 1.807) is 17.9 Å². The number of carbonyl (C=O) groups is 2. The predicted octanol–water partition coefficient (Wildman–Crippen LogP) is 3.01. The van der Waals surface area contributed by atoms with Crippen LogP contribution in [0.5, 0.6) is 0 Å². The first kappa shape index (κ1) is 17.6. The number of amides is 2. The second-order valence-corrected chi connectivity index (χ2v) is 6.53. The molecule has 0 saturated carbocycles. The van der Waals surface area contributed by atoms with Crippen molar-refractivity contribution in [2.45, 2.75) is 47.0 Å². The molecule has 0 unspecified atom stereocenters. The Kier molecular flexibility index (Phi) is 5.85. The van der Waals surface area contributed by atoms with E-state index in [0.29, 0.717) is 36.8 Å². The highest BCUT2D eigenvalue weighted by Crippen LogP contribution is 2.18. The summed E-state index contributed by atoms with van der Waals surface area (Å²) in [5, 5.41) is 0. The molecular weight excluding hydrogens is 292 g/mol. The van der Waals surface area contributed by atoms with Gasteiger partial charge in [0.15, 0.2) is 0 Å². The fourth-order valence-corrected chi connectivity index (χ4v) is 3.06. The Morgan fingerprint density at radius 1 is 1.30 bits per heavy atom. The van der Waals surface area contributed by atoms with Gasteiger partial charge in [0.1, 0.15) is 11.5 Å². The molecule has 1 fully saturated rings. The van der Waals surface area contributed by atoms with Crippen LogP contribution in [0, 0.1) is 19.8 Å². The van der Waals surface area contributed by atoms with Gasteiger partial charge in [0.05, 0.1) is 5.56 Å². The van der Waals surface area contributed by atoms with Crippen molar-refractivity contribution < 1.29 is 14.0 Å². The third-order valence-corrected chi connectivity index (χ3v) is 4.67. The Balaban J connectivity index is 1.90. The molecule has 0 aliphatic carbocycles. The van der Waals surface area contributed by atoms with Crippen LogP contribution >= 0.6 is 0 Å². The van der Waals surface area contributed by atoms with Crippen LogP contribution in [0.1, 0.15) is 55.0 Å². The lowest BCUT2D eigenvalue weighted by Gasteiger charge is -2.31. The summed E-state index contributed by atoms with van der Waals surface area (Å²) < 4.78 is 5.44. The van der Waals surface area contributed by atoms with Gasteiger partial charge in [-0.3, -0.25) is 9.59 Å². The molecule has 1 saturated heterocycles. The van der Waals surface area contributed by atoms with Gasteiger partial charge in [-0.05, 0) is 45.6 Å². The molecule has 2 amide bonds. The number of hydrogen-bond acceptors (Lipinski definition) is 3. The average Bonchev–Trinajstić information content (AvgIpc) is 2.86. The molecule has 0 bridgehead atoms. The van der Waals surface area contributed by atoms with E-state index in [1.165, 1.54) is 0 Å². The van der Waals surface area contributed by atoms with E-state index in [-0.39, 0.29) is 11.8 Å². The van der Waals surface area contributed by atoms with Crippen molar-refractivity contribution in [3.63, 3.8) is 0 Å². The molecule has 1 aromatic rings. The van der Waals surface area contributed by atoms with Crippen LogP contribution in [-0.4, -0.2) is 47.8 Å². The van der Waals surface area contributed by atoms with E-state index < -0.39 is 0 Å². The Morgan fingerprint density at radius 3 is 2.48 bits per heavy atom. The van der Waals surface area contributed by atoms with Crippen molar-refractivity contribution in [1.29, 1.82) is 0 Å². The average molecular weight is 320 g/mol. The molecule has 0 spiro atoms. The van der Waals surface area contributed by atoms with Crippen molar-refractivity contribution in [3.05, 3.63) is 23.2 Å². The maximum atomic E-state index is 12.6. The van der Waals surface area contributed by atoms with Gasteiger partial charge in [0.2, 0.25) is 5.91 Å². The second kappa shape index (κ2) is 7.66. The topological polar surface area (TPSA) is 53.8 Å². The van der Waals surface area contributed by atoms with Crippen LogP contribution in [0.4, 0.5) is 0 Å². The molecule has 5 nitrogen and oxygen atoms in total. The molecule has 0 N–H and O–H groups in total. The number of piperidine rings is 1. The van der Waals surface area contributed by atoms with Crippen molar-refractivity contribution in [2.75, 3.05) is 26.2 Å². The van der Waals surface area contributed by atoms with Gasteiger partial charge >= 0.3 is 0 Å². The Bertz CT molecular complexity index is 557. The third-order valence-electron chi connectivity index (χ3n) is 4.67. The van der Waals surface area contributed by atoms with Gasteiger partial charge in [-0.25, -0.2) is 0 Å². The van der Waals surface area contributed by atoms with Gasteiger partial charge in [0, 0.05) is 32.6 Å². The van der Waals surface area contributed by atoms with Crippen LogP contribution in [-0.2, 0) is 4.79 Å². The molecule has 0 radical (unpaired) electrons. The summed E-state index contributed by atoms with van der Waals surface area (Å²) >= 11 is 0. The normalized spacial score (nSPS) is 15.7. The van der Waals surface area contributed by atoms with Gasteiger partial charge in [-0.15, -0.1) is 0 Å². The van der Waals surface area contributed by atoms with Crippen molar-refractivity contribution in [1.82, 2.24) is 9.80 Å². The Labute approximate surface area is 138 Å². The van der Waals surface area contributed by atoms with E-state index in [4.69, 9.17) is 4.42 Å². The van der Waals surface area contributed by atoms with Crippen LogP contribution in [0.15, 0.2) is 10.5 Å². The Morgan fingerprint density at radius 2 is 1.96 bits per heavy atom. The zero-order valence-corrected chi connectivity index (χ0v) is 14.7. The summed E-state index contributed by atoms with van der Waals surface area (Å²) in [6.45, 7) is 10.5. The highest BCUT2D eigenvalue weighted by Gasteiger charge is 2.23. The monoisotopic (exact) mass is 320 g/mol. The summed E-state index contributed by atoms with van der Waals surface area (Å²) in [6, 6.07) is 1.77.